The molecule has 1 atom stereocenters. The summed E-state index contributed by atoms with van der Waals surface area (Å²) in [4.78, 5) is 16.1. The zero-order valence-corrected chi connectivity index (χ0v) is 13.2. The molecule has 0 saturated carbocycles. The molecule has 0 aliphatic heterocycles. The number of hydrogen-bond acceptors (Lipinski definition) is 4. The van der Waals surface area contributed by atoms with Crippen LogP contribution in [0.3, 0.4) is 0 Å². The van der Waals surface area contributed by atoms with Gasteiger partial charge in [0.05, 0.1) is 12.7 Å². The first-order chi connectivity index (χ1) is 11.1. The summed E-state index contributed by atoms with van der Waals surface area (Å²) in [6.07, 6.45) is 2.59. The van der Waals surface area contributed by atoms with Gasteiger partial charge in [0.25, 0.3) is 0 Å². The highest BCUT2D eigenvalue weighted by Gasteiger charge is 2.13. The summed E-state index contributed by atoms with van der Waals surface area (Å²) >= 11 is 0. The Balaban J connectivity index is 1.90. The minimum Gasteiger partial charge on any atom is -0.496 e. The number of methoxy groups -OCH3 is 1. The third kappa shape index (κ3) is 4.82. The highest BCUT2D eigenvalue weighted by atomic mass is 16.5. The van der Waals surface area contributed by atoms with Crippen molar-refractivity contribution in [1.82, 2.24) is 4.98 Å². The van der Waals surface area contributed by atoms with Gasteiger partial charge in [-0.3, -0.25) is 4.79 Å². The van der Waals surface area contributed by atoms with Crippen LogP contribution in [0.4, 0.5) is 5.82 Å². The van der Waals surface area contributed by atoms with Crippen molar-refractivity contribution in [1.29, 1.82) is 5.26 Å². The average molecular weight is 309 g/mol. The van der Waals surface area contributed by atoms with E-state index in [0.29, 0.717) is 17.8 Å². The number of nitrogens with zero attached hydrogens (tertiary/aromatic N) is 2. The average Bonchev–Trinajstić information content (AvgIpc) is 2.55. The van der Waals surface area contributed by atoms with Crippen LogP contribution < -0.4 is 10.1 Å². The van der Waals surface area contributed by atoms with Crippen molar-refractivity contribution < 1.29 is 9.53 Å². The first-order valence-electron chi connectivity index (χ1n) is 7.40. The zero-order valence-electron chi connectivity index (χ0n) is 13.2. The van der Waals surface area contributed by atoms with Crippen LogP contribution in [-0.2, 0) is 11.2 Å². The minimum atomic E-state index is -0.0930. The molecule has 0 saturated heterocycles. The number of nitrogens with one attached hydrogen (secondary N) is 1. The van der Waals surface area contributed by atoms with Gasteiger partial charge in [-0.15, -0.1) is 0 Å². The lowest BCUT2D eigenvalue weighted by Crippen LogP contribution is -2.17. The van der Waals surface area contributed by atoms with Gasteiger partial charge in [-0.2, -0.15) is 5.26 Å². The van der Waals surface area contributed by atoms with E-state index in [4.69, 9.17) is 10.00 Å². The minimum absolute atomic E-state index is 0.0930. The van der Waals surface area contributed by atoms with Crippen LogP contribution in [0.25, 0.3) is 0 Å². The molecule has 0 aliphatic rings. The third-order valence-electron chi connectivity index (χ3n) is 3.45. The van der Waals surface area contributed by atoms with Crippen LogP contribution in [0.2, 0.25) is 0 Å². The molecule has 1 aromatic heterocycles. The number of carbonyl (C=O) groups excluding carboxylic acids is 1. The summed E-state index contributed by atoms with van der Waals surface area (Å²) in [5.41, 5.74) is 1.55. The number of hydrogen-bond donors (Lipinski definition) is 1. The maximum absolute atomic E-state index is 12.1. The molecule has 1 aromatic carbocycles. The fraction of sp³-hybridized carbons (Fsp3) is 0.278. The molecule has 118 valence electrons. The van der Waals surface area contributed by atoms with Crippen molar-refractivity contribution in [2.24, 2.45) is 5.92 Å². The molecule has 2 rings (SSSR count). The standard InChI is InChI=1S/C18H19N3O2/c1-13(9-15-5-3-4-6-16(15)23-2)10-18(22)21-17-8-7-14(11-19)12-20-17/h3-8,12-13H,9-10H2,1-2H3,(H,20,21,22)/t13-/m1/s1. The molecule has 0 unspecified atom stereocenters. The van der Waals surface area contributed by atoms with E-state index in [1.165, 1.54) is 6.20 Å². The fourth-order valence-electron chi connectivity index (χ4n) is 2.36. The Morgan fingerprint density at radius 2 is 2.13 bits per heavy atom. The van der Waals surface area contributed by atoms with Crippen LogP contribution in [0.15, 0.2) is 42.6 Å². The summed E-state index contributed by atoms with van der Waals surface area (Å²) in [6.45, 7) is 2.03. The van der Waals surface area contributed by atoms with Crippen molar-refractivity contribution in [2.75, 3.05) is 12.4 Å². The molecule has 0 aliphatic carbocycles. The molecule has 0 spiro atoms. The van der Waals surface area contributed by atoms with Crippen molar-refractivity contribution >= 4 is 11.7 Å². The molecular weight excluding hydrogens is 290 g/mol. The molecule has 0 fully saturated rings. The summed E-state index contributed by atoms with van der Waals surface area (Å²) in [5.74, 6) is 1.38. The van der Waals surface area contributed by atoms with Crippen LogP contribution >= 0.6 is 0 Å². The number of benzene rings is 1. The van der Waals surface area contributed by atoms with E-state index in [9.17, 15) is 4.79 Å². The Labute approximate surface area is 135 Å². The molecular formula is C18H19N3O2. The molecule has 5 heteroatoms. The second-order valence-corrected chi connectivity index (χ2v) is 5.42. The molecule has 2 aromatic rings. The Morgan fingerprint density at radius 1 is 1.35 bits per heavy atom. The molecule has 0 radical (unpaired) electrons. The van der Waals surface area contributed by atoms with Gasteiger partial charge in [0.1, 0.15) is 17.6 Å². The monoisotopic (exact) mass is 309 g/mol. The second-order valence-electron chi connectivity index (χ2n) is 5.42. The Kier molecular flexibility index (Phi) is 5.70. The van der Waals surface area contributed by atoms with Crippen LogP contribution in [0.5, 0.6) is 5.75 Å². The summed E-state index contributed by atoms with van der Waals surface area (Å²) < 4.78 is 5.33. The van der Waals surface area contributed by atoms with Gasteiger partial charge in [-0.25, -0.2) is 4.98 Å². The lowest BCUT2D eigenvalue weighted by atomic mass is 9.97. The van der Waals surface area contributed by atoms with E-state index in [2.05, 4.69) is 10.3 Å². The third-order valence-corrected chi connectivity index (χ3v) is 3.45. The van der Waals surface area contributed by atoms with Gasteiger partial charge in [-0.05, 0) is 36.1 Å². The number of amides is 1. The first-order valence-corrected chi connectivity index (χ1v) is 7.40. The molecule has 0 bridgehead atoms. The van der Waals surface area contributed by atoms with Gasteiger partial charge in [0, 0.05) is 12.6 Å². The van der Waals surface area contributed by atoms with Crippen LogP contribution in [0, 0.1) is 17.2 Å². The van der Waals surface area contributed by atoms with Crippen molar-refractivity contribution in [3.63, 3.8) is 0 Å². The van der Waals surface area contributed by atoms with E-state index in [1.54, 1.807) is 19.2 Å². The van der Waals surface area contributed by atoms with E-state index in [-0.39, 0.29) is 11.8 Å². The molecule has 23 heavy (non-hydrogen) atoms. The predicted octanol–water partition coefficient (Wildman–Crippen LogP) is 3.17. The first kappa shape index (κ1) is 16.5. The quantitative estimate of drug-likeness (QED) is 0.889. The molecule has 5 nitrogen and oxygen atoms in total. The van der Waals surface area contributed by atoms with Gasteiger partial charge >= 0.3 is 0 Å². The van der Waals surface area contributed by atoms with Crippen molar-refractivity contribution in [3.05, 3.63) is 53.7 Å². The number of ether oxygens (including phenoxy) is 1. The number of aromatic nitrogens is 1. The van der Waals surface area contributed by atoms with Crippen LogP contribution in [0.1, 0.15) is 24.5 Å². The van der Waals surface area contributed by atoms with E-state index in [0.717, 1.165) is 17.7 Å². The van der Waals surface area contributed by atoms with Gasteiger partial charge < -0.3 is 10.1 Å². The maximum atomic E-state index is 12.1. The molecule has 1 N–H and O–H groups in total. The van der Waals surface area contributed by atoms with Gasteiger partial charge in [-0.1, -0.05) is 25.1 Å². The topological polar surface area (TPSA) is 75.0 Å². The van der Waals surface area contributed by atoms with Crippen molar-refractivity contribution in [3.8, 4) is 11.8 Å². The van der Waals surface area contributed by atoms with Gasteiger partial charge in [0.15, 0.2) is 0 Å². The number of pyridine rings is 1. The Bertz CT molecular complexity index is 705. The van der Waals surface area contributed by atoms with Crippen LogP contribution in [-0.4, -0.2) is 18.0 Å². The lowest BCUT2D eigenvalue weighted by Gasteiger charge is -2.14. The largest absolute Gasteiger partial charge is 0.496 e. The smallest absolute Gasteiger partial charge is 0.225 e. The Morgan fingerprint density at radius 3 is 2.78 bits per heavy atom. The fourth-order valence-corrected chi connectivity index (χ4v) is 2.36. The number of rotatable bonds is 6. The molecule has 1 amide bonds. The number of anilines is 1. The predicted molar refractivity (Wildman–Crippen MR) is 88.1 cm³/mol. The highest BCUT2D eigenvalue weighted by molar-refractivity contribution is 5.89. The van der Waals surface area contributed by atoms with Crippen molar-refractivity contribution in [2.45, 2.75) is 19.8 Å². The van der Waals surface area contributed by atoms with E-state index >= 15 is 0 Å². The summed E-state index contributed by atoms with van der Waals surface area (Å²) in [5, 5.41) is 11.5. The van der Waals surface area contributed by atoms with Gasteiger partial charge in [0.2, 0.25) is 5.91 Å². The SMILES string of the molecule is COc1ccccc1C[C@@H](C)CC(=O)Nc1ccc(C#N)cn1. The maximum Gasteiger partial charge on any atom is 0.225 e. The summed E-state index contributed by atoms with van der Waals surface area (Å²) in [7, 11) is 1.65. The molecule has 1 heterocycles. The highest BCUT2D eigenvalue weighted by Crippen LogP contribution is 2.22. The van der Waals surface area contributed by atoms with E-state index < -0.39 is 0 Å². The zero-order chi connectivity index (χ0) is 16.7. The number of para-hydroxylation sites is 1. The van der Waals surface area contributed by atoms with E-state index in [1.807, 2.05) is 37.3 Å². The normalized spacial score (nSPS) is 11.3. The lowest BCUT2D eigenvalue weighted by molar-refractivity contribution is -0.117. The summed E-state index contributed by atoms with van der Waals surface area (Å²) in [6, 6.07) is 13.1. The number of nitriles is 1. The Hall–Kier alpha value is -2.87. The second kappa shape index (κ2) is 7.95. The number of carbonyl (C=O) groups is 1.